The highest BCUT2D eigenvalue weighted by Gasteiger charge is 2.36. The van der Waals surface area contributed by atoms with Crippen molar-refractivity contribution in [2.24, 2.45) is 10.9 Å². The molecule has 38 heavy (non-hydrogen) atoms. The summed E-state index contributed by atoms with van der Waals surface area (Å²) in [5.41, 5.74) is 3.21. The smallest absolute Gasteiger partial charge is 0.460 e. The van der Waals surface area contributed by atoms with Gasteiger partial charge in [0.05, 0.1) is 12.3 Å². The van der Waals surface area contributed by atoms with Crippen LogP contribution in [-0.2, 0) is 9.53 Å². The molecule has 6 nitrogen and oxygen atoms in total. The molecule has 1 saturated carbocycles. The first-order valence-corrected chi connectivity index (χ1v) is 12.4. The van der Waals surface area contributed by atoms with Crippen LogP contribution in [0.5, 0.6) is 5.75 Å². The van der Waals surface area contributed by atoms with Gasteiger partial charge in [-0.3, -0.25) is 9.79 Å². The monoisotopic (exact) mass is 533 g/mol. The minimum atomic E-state index is -4.79. The summed E-state index contributed by atoms with van der Waals surface area (Å²) in [6, 6.07) is 7.44. The minimum Gasteiger partial charge on any atom is -0.460 e. The van der Waals surface area contributed by atoms with E-state index in [1.807, 2.05) is 26.8 Å². The number of aliphatic imine (C=N–C) groups is 1. The second-order valence-electron chi connectivity index (χ2n) is 10.5. The zero-order valence-electron chi connectivity index (χ0n) is 22.0. The van der Waals surface area contributed by atoms with E-state index in [1.54, 1.807) is 6.92 Å². The van der Waals surface area contributed by atoms with Crippen molar-refractivity contribution >= 4 is 17.9 Å². The number of hydrogen-bond acceptors (Lipinski definition) is 6. The van der Waals surface area contributed by atoms with Gasteiger partial charge in [0, 0.05) is 18.2 Å². The van der Waals surface area contributed by atoms with Crippen molar-refractivity contribution in [2.45, 2.75) is 70.9 Å². The van der Waals surface area contributed by atoms with E-state index in [1.165, 1.54) is 36.6 Å². The Bertz CT molecular complexity index is 1180. The molecule has 1 unspecified atom stereocenters. The molecular formula is C29H34F3NO5. The normalized spacial score (nSPS) is 18.7. The summed E-state index contributed by atoms with van der Waals surface area (Å²) >= 11 is 0. The number of benzene rings is 2. The molecule has 2 aromatic rings. The van der Waals surface area contributed by atoms with Gasteiger partial charge in [0.2, 0.25) is 0 Å². The van der Waals surface area contributed by atoms with Gasteiger partial charge >= 0.3 is 12.3 Å². The van der Waals surface area contributed by atoms with Crippen molar-refractivity contribution in [3.05, 3.63) is 59.7 Å². The molecule has 0 radical (unpaired) electrons. The van der Waals surface area contributed by atoms with Gasteiger partial charge < -0.3 is 19.7 Å². The number of nitrogens with zero attached hydrogens (tertiary/aromatic N) is 1. The summed E-state index contributed by atoms with van der Waals surface area (Å²) in [6.45, 7) is 10.4. The van der Waals surface area contributed by atoms with Gasteiger partial charge in [0.1, 0.15) is 17.5 Å². The lowest BCUT2D eigenvalue weighted by atomic mass is 9.68. The van der Waals surface area contributed by atoms with Crippen molar-refractivity contribution in [2.75, 3.05) is 6.61 Å². The second-order valence-corrected chi connectivity index (χ2v) is 10.5. The second kappa shape index (κ2) is 11.7. The summed E-state index contributed by atoms with van der Waals surface area (Å²) in [5.74, 6) is -0.500. The first-order valence-electron chi connectivity index (χ1n) is 12.4. The predicted molar refractivity (Wildman–Crippen MR) is 140 cm³/mol. The molecular weight excluding hydrogens is 499 g/mol. The molecule has 1 atom stereocenters. The predicted octanol–water partition coefficient (Wildman–Crippen LogP) is 6.70. The molecule has 0 amide bonds. The van der Waals surface area contributed by atoms with Crippen LogP contribution in [0.4, 0.5) is 18.9 Å². The van der Waals surface area contributed by atoms with Crippen LogP contribution in [0.15, 0.2) is 48.0 Å². The molecule has 0 aromatic heterocycles. The number of esters is 1. The number of hydrogen-bond donors (Lipinski definition) is 2. The molecule has 0 spiro atoms. The van der Waals surface area contributed by atoms with E-state index in [4.69, 9.17) is 4.74 Å². The highest BCUT2D eigenvalue weighted by Crippen LogP contribution is 2.50. The maximum atomic E-state index is 12.6. The molecule has 0 bridgehead atoms. The summed E-state index contributed by atoms with van der Waals surface area (Å²) in [4.78, 5) is 16.8. The van der Waals surface area contributed by atoms with Crippen LogP contribution in [-0.4, -0.2) is 41.0 Å². The minimum absolute atomic E-state index is 0.0106. The number of alkyl halides is 3. The number of carbonyl (C=O) groups is 1. The Hall–Kier alpha value is -3.17. The maximum Gasteiger partial charge on any atom is 0.573 e. The van der Waals surface area contributed by atoms with Crippen LogP contribution in [0, 0.1) is 12.8 Å². The van der Waals surface area contributed by atoms with E-state index in [9.17, 15) is 28.2 Å². The van der Waals surface area contributed by atoms with Gasteiger partial charge in [0.25, 0.3) is 0 Å². The molecule has 206 valence electrons. The van der Waals surface area contributed by atoms with Gasteiger partial charge in [-0.2, -0.15) is 0 Å². The van der Waals surface area contributed by atoms with Crippen molar-refractivity contribution < 1.29 is 37.7 Å². The van der Waals surface area contributed by atoms with Crippen LogP contribution < -0.4 is 4.74 Å². The number of allylic oxidation sites excluding steroid dienone is 1. The quantitative estimate of drug-likeness (QED) is 0.277. The molecule has 0 heterocycles. The third-order valence-electron chi connectivity index (χ3n) is 6.39. The van der Waals surface area contributed by atoms with Crippen LogP contribution in [0.25, 0.3) is 11.1 Å². The molecule has 9 heteroatoms. The van der Waals surface area contributed by atoms with E-state index in [-0.39, 0.29) is 30.0 Å². The Morgan fingerprint density at radius 1 is 1.21 bits per heavy atom. The molecule has 0 aliphatic heterocycles. The molecule has 1 fully saturated rings. The maximum absolute atomic E-state index is 12.6. The number of carbonyl (C=O) groups excluding carboxylic acids is 1. The molecule has 1 aliphatic rings. The van der Waals surface area contributed by atoms with E-state index >= 15 is 0 Å². The lowest BCUT2D eigenvalue weighted by molar-refractivity contribution is -0.274. The van der Waals surface area contributed by atoms with Gasteiger partial charge in [-0.05, 0) is 86.8 Å². The lowest BCUT2D eigenvalue weighted by Gasteiger charge is -2.38. The number of aliphatic hydroxyl groups excluding tert-OH is 2. The van der Waals surface area contributed by atoms with Crippen molar-refractivity contribution in [1.29, 1.82) is 0 Å². The Morgan fingerprint density at radius 3 is 2.37 bits per heavy atom. The van der Waals surface area contributed by atoms with Gasteiger partial charge in [-0.1, -0.05) is 30.9 Å². The summed E-state index contributed by atoms with van der Waals surface area (Å²) in [5, 5.41) is 20.6. The summed E-state index contributed by atoms with van der Waals surface area (Å²) in [7, 11) is 0. The number of ether oxygens (including phenoxy) is 2. The fraction of sp³-hybridized carbons (Fsp3) is 0.448. The number of halogens is 3. The largest absolute Gasteiger partial charge is 0.573 e. The van der Waals surface area contributed by atoms with E-state index in [0.29, 0.717) is 35.2 Å². The van der Waals surface area contributed by atoms with Crippen LogP contribution >= 0.6 is 0 Å². The standard InChI is InChI=1S/C29H34F3NO5/c1-6-11-33-27-17(2)22(19-7-9-21(10-8-19)37-29(30,31)32)15-23(26(27)24(35)16-34)20-12-18(13-20)14-25(36)38-28(3,4)5/h6-11,15,18,20,24,34-35H,1,12-14,16H2,2-5H3. The fourth-order valence-electron chi connectivity index (χ4n) is 4.79. The molecule has 0 saturated heterocycles. The van der Waals surface area contributed by atoms with Gasteiger partial charge in [-0.25, -0.2) is 0 Å². The lowest BCUT2D eigenvalue weighted by Crippen LogP contribution is -2.30. The fourth-order valence-corrected chi connectivity index (χ4v) is 4.79. The van der Waals surface area contributed by atoms with E-state index in [0.717, 1.165) is 11.1 Å². The molecule has 2 N–H and O–H groups in total. The number of rotatable bonds is 9. The SMILES string of the molecule is C=CC=Nc1c(C)c(-c2ccc(OC(F)(F)F)cc2)cc(C2CC(CC(=O)OC(C)(C)C)C2)c1C(O)CO. The molecule has 2 aromatic carbocycles. The first-order chi connectivity index (χ1) is 17.7. The highest BCUT2D eigenvalue weighted by molar-refractivity contribution is 5.81. The van der Waals surface area contributed by atoms with E-state index < -0.39 is 24.7 Å². The third-order valence-corrected chi connectivity index (χ3v) is 6.39. The average Bonchev–Trinajstić information content (AvgIpc) is 2.78. The summed E-state index contributed by atoms with van der Waals surface area (Å²) in [6.07, 6.45) is -1.38. The Balaban J connectivity index is 2.01. The number of aliphatic hydroxyl groups is 2. The topological polar surface area (TPSA) is 88.4 Å². The Labute approximate surface area is 220 Å². The molecule has 3 rings (SSSR count). The Kier molecular flexibility index (Phi) is 9.05. The van der Waals surface area contributed by atoms with Crippen LogP contribution in [0.1, 0.15) is 68.7 Å². The van der Waals surface area contributed by atoms with Gasteiger partial charge in [-0.15, -0.1) is 13.2 Å². The molecule has 1 aliphatic carbocycles. The first kappa shape index (κ1) is 29.4. The Morgan fingerprint density at radius 2 is 1.84 bits per heavy atom. The van der Waals surface area contributed by atoms with Crippen LogP contribution in [0.3, 0.4) is 0 Å². The van der Waals surface area contributed by atoms with Crippen molar-refractivity contribution in [3.8, 4) is 16.9 Å². The van der Waals surface area contributed by atoms with Crippen molar-refractivity contribution in [1.82, 2.24) is 0 Å². The van der Waals surface area contributed by atoms with Crippen LogP contribution in [0.2, 0.25) is 0 Å². The third kappa shape index (κ3) is 7.45. The zero-order valence-corrected chi connectivity index (χ0v) is 22.0. The van der Waals surface area contributed by atoms with Gasteiger partial charge in [0.15, 0.2) is 0 Å². The zero-order chi connectivity index (χ0) is 28.3. The van der Waals surface area contributed by atoms with Crippen molar-refractivity contribution in [3.63, 3.8) is 0 Å². The highest BCUT2D eigenvalue weighted by atomic mass is 19.4. The van der Waals surface area contributed by atoms with E-state index in [2.05, 4.69) is 16.3 Å². The summed E-state index contributed by atoms with van der Waals surface area (Å²) < 4.78 is 47.3. The average molecular weight is 534 g/mol.